The van der Waals surface area contributed by atoms with Gasteiger partial charge in [0, 0.05) is 6.54 Å². The lowest BCUT2D eigenvalue weighted by molar-refractivity contribution is -0.135. The number of rotatable bonds is 6. The summed E-state index contributed by atoms with van der Waals surface area (Å²) >= 11 is 0. The molecule has 1 aliphatic rings. The van der Waals surface area contributed by atoms with Crippen LogP contribution in [-0.2, 0) is 21.4 Å². The van der Waals surface area contributed by atoms with Gasteiger partial charge in [-0.25, -0.2) is 13.9 Å². The average molecular weight is 406 g/mol. The van der Waals surface area contributed by atoms with Gasteiger partial charge in [-0.05, 0) is 42.7 Å². The van der Waals surface area contributed by atoms with Crippen LogP contribution in [0.1, 0.15) is 18.4 Å². The number of carbonyl (C=O) groups excluding carboxylic acids is 1. The van der Waals surface area contributed by atoms with Gasteiger partial charge in [-0.1, -0.05) is 30.3 Å². The quantitative estimate of drug-likeness (QED) is 0.492. The van der Waals surface area contributed by atoms with Gasteiger partial charge in [-0.2, -0.15) is 4.31 Å². The number of amides is 1. The Morgan fingerprint density at radius 2 is 1.79 bits per heavy atom. The first-order valence-corrected chi connectivity index (χ1v) is 10.3. The number of benzene rings is 2. The molecule has 3 rings (SSSR count). The Kier molecular flexibility index (Phi) is 6.30. The van der Waals surface area contributed by atoms with Gasteiger partial charge in [0.25, 0.3) is 5.91 Å². The average Bonchev–Trinajstić information content (AvgIpc) is 2.72. The number of aliphatic hydroxyl groups is 1. The van der Waals surface area contributed by atoms with Crippen LogP contribution in [-0.4, -0.2) is 47.6 Å². The van der Waals surface area contributed by atoms with Crippen LogP contribution < -0.4 is 10.2 Å². The van der Waals surface area contributed by atoms with Gasteiger partial charge in [0.1, 0.15) is 18.4 Å². The molecule has 1 amide bonds. The lowest BCUT2D eigenvalue weighted by Gasteiger charge is -2.35. The zero-order valence-corrected chi connectivity index (χ0v) is 15.9. The summed E-state index contributed by atoms with van der Waals surface area (Å²) in [7, 11) is -4.04. The van der Waals surface area contributed by atoms with E-state index in [1.807, 2.05) is 30.3 Å². The van der Waals surface area contributed by atoms with Gasteiger partial charge < -0.3 is 9.84 Å². The van der Waals surface area contributed by atoms with Gasteiger partial charge in [-0.3, -0.25) is 10.0 Å². The van der Waals surface area contributed by atoms with E-state index in [2.05, 4.69) is 0 Å². The van der Waals surface area contributed by atoms with Crippen molar-refractivity contribution in [2.45, 2.75) is 36.5 Å². The summed E-state index contributed by atoms with van der Waals surface area (Å²) in [5.74, 6) is -0.315. The van der Waals surface area contributed by atoms with Crippen LogP contribution in [0.2, 0.25) is 0 Å². The molecular formula is C19H22N2O6S. The number of hydrogen-bond donors (Lipinski definition) is 3. The highest BCUT2D eigenvalue weighted by Gasteiger charge is 2.40. The van der Waals surface area contributed by atoms with Crippen molar-refractivity contribution in [1.82, 2.24) is 9.79 Å². The van der Waals surface area contributed by atoms with Crippen LogP contribution in [0.4, 0.5) is 0 Å². The molecule has 2 aromatic rings. The summed E-state index contributed by atoms with van der Waals surface area (Å²) < 4.78 is 32.5. The largest absolute Gasteiger partial charge is 0.489 e. The van der Waals surface area contributed by atoms with Crippen LogP contribution >= 0.6 is 0 Å². The van der Waals surface area contributed by atoms with Gasteiger partial charge >= 0.3 is 0 Å². The maximum Gasteiger partial charge on any atom is 0.261 e. The molecule has 0 aliphatic carbocycles. The number of piperidine rings is 1. The second-order valence-electron chi connectivity index (χ2n) is 6.54. The number of sulfonamides is 1. The third-order valence-electron chi connectivity index (χ3n) is 4.60. The molecule has 0 spiro atoms. The summed E-state index contributed by atoms with van der Waals surface area (Å²) in [6.07, 6.45) is -0.479. The van der Waals surface area contributed by atoms with Crippen molar-refractivity contribution in [1.29, 1.82) is 0 Å². The second-order valence-corrected chi connectivity index (χ2v) is 8.43. The molecule has 0 aromatic heterocycles. The predicted molar refractivity (Wildman–Crippen MR) is 100 cm³/mol. The van der Waals surface area contributed by atoms with Gasteiger partial charge in [0.05, 0.1) is 11.0 Å². The third-order valence-corrected chi connectivity index (χ3v) is 6.49. The normalized spacial score (nSPS) is 20.5. The molecule has 2 unspecified atom stereocenters. The Labute approximate surface area is 163 Å². The van der Waals surface area contributed by atoms with E-state index in [0.29, 0.717) is 12.4 Å². The SMILES string of the molecule is O=C(NO)C1CCC(O)CN1S(=O)(=O)c1ccc(OCc2ccccc2)cc1. The number of hydroxylamine groups is 1. The Morgan fingerprint density at radius 1 is 1.11 bits per heavy atom. The van der Waals surface area contributed by atoms with Crippen LogP contribution in [0, 0.1) is 0 Å². The van der Waals surface area contributed by atoms with E-state index in [1.165, 1.54) is 29.7 Å². The van der Waals surface area contributed by atoms with Crippen molar-refractivity contribution in [3.63, 3.8) is 0 Å². The van der Waals surface area contributed by atoms with E-state index in [4.69, 9.17) is 9.94 Å². The fourth-order valence-corrected chi connectivity index (χ4v) is 4.76. The summed E-state index contributed by atoms with van der Waals surface area (Å²) in [6, 6.07) is 14.3. The van der Waals surface area contributed by atoms with E-state index in [1.54, 1.807) is 0 Å². The molecule has 3 N–H and O–H groups in total. The lowest BCUT2D eigenvalue weighted by atomic mass is 10.0. The molecule has 1 aliphatic heterocycles. The van der Waals surface area contributed by atoms with Crippen LogP contribution in [0.3, 0.4) is 0 Å². The molecule has 1 fully saturated rings. The van der Waals surface area contributed by atoms with Crippen molar-refractivity contribution in [2.75, 3.05) is 6.54 Å². The molecular weight excluding hydrogens is 384 g/mol. The highest BCUT2D eigenvalue weighted by atomic mass is 32.2. The zero-order valence-electron chi connectivity index (χ0n) is 15.1. The number of aliphatic hydroxyl groups excluding tert-OH is 1. The van der Waals surface area contributed by atoms with Crippen LogP contribution in [0.5, 0.6) is 5.75 Å². The second kappa shape index (κ2) is 8.70. The third kappa shape index (κ3) is 4.50. The Balaban J connectivity index is 1.76. The minimum Gasteiger partial charge on any atom is -0.489 e. The first kappa shape index (κ1) is 20.3. The number of carbonyl (C=O) groups is 1. The number of nitrogens with one attached hydrogen (secondary N) is 1. The summed E-state index contributed by atoms with van der Waals surface area (Å²) in [4.78, 5) is 11.8. The minimum absolute atomic E-state index is 0.0237. The molecule has 2 atom stereocenters. The van der Waals surface area contributed by atoms with E-state index < -0.39 is 28.1 Å². The fourth-order valence-electron chi connectivity index (χ4n) is 3.11. The zero-order chi connectivity index (χ0) is 20.1. The first-order chi connectivity index (χ1) is 13.4. The van der Waals surface area contributed by atoms with Crippen molar-refractivity contribution >= 4 is 15.9 Å². The standard InChI is InChI=1S/C19H22N2O6S/c22-15-6-11-18(19(23)20-24)21(12-15)28(25,26)17-9-7-16(8-10-17)27-13-14-4-2-1-3-5-14/h1-5,7-10,15,18,22,24H,6,11-13H2,(H,20,23). The summed E-state index contributed by atoms with van der Waals surface area (Å²) in [5.41, 5.74) is 2.48. The maximum absolute atomic E-state index is 13.0. The molecule has 9 heteroatoms. The molecule has 150 valence electrons. The van der Waals surface area contributed by atoms with Crippen LogP contribution in [0.15, 0.2) is 59.5 Å². The Morgan fingerprint density at radius 3 is 2.43 bits per heavy atom. The van der Waals surface area contributed by atoms with Gasteiger partial charge in [0.15, 0.2) is 0 Å². The van der Waals surface area contributed by atoms with E-state index in [-0.39, 0.29) is 24.3 Å². The van der Waals surface area contributed by atoms with E-state index in [0.717, 1.165) is 9.87 Å². The van der Waals surface area contributed by atoms with Crippen molar-refractivity contribution in [2.24, 2.45) is 0 Å². The molecule has 0 saturated carbocycles. The van der Waals surface area contributed by atoms with Gasteiger partial charge in [-0.15, -0.1) is 0 Å². The van der Waals surface area contributed by atoms with E-state index >= 15 is 0 Å². The molecule has 0 bridgehead atoms. The molecule has 2 aromatic carbocycles. The fraction of sp³-hybridized carbons (Fsp3) is 0.316. The highest BCUT2D eigenvalue weighted by Crippen LogP contribution is 2.27. The number of β-amino-alcohol motifs (C(OH)–C–C–N with tert-alkyl or cyclic N) is 1. The molecule has 1 heterocycles. The molecule has 8 nitrogen and oxygen atoms in total. The Hall–Kier alpha value is -2.46. The first-order valence-electron chi connectivity index (χ1n) is 8.82. The lowest BCUT2D eigenvalue weighted by Crippen LogP contribution is -2.54. The maximum atomic E-state index is 13.0. The molecule has 1 saturated heterocycles. The Bertz CT molecular complexity index is 902. The summed E-state index contributed by atoms with van der Waals surface area (Å²) in [5, 5.41) is 18.8. The van der Waals surface area contributed by atoms with Crippen molar-refractivity contribution in [3.05, 3.63) is 60.2 Å². The van der Waals surface area contributed by atoms with E-state index in [9.17, 15) is 18.3 Å². The minimum atomic E-state index is -4.04. The smallest absolute Gasteiger partial charge is 0.261 e. The van der Waals surface area contributed by atoms with Crippen LogP contribution in [0.25, 0.3) is 0 Å². The highest BCUT2D eigenvalue weighted by molar-refractivity contribution is 7.89. The number of hydrogen-bond acceptors (Lipinski definition) is 6. The number of nitrogens with zero attached hydrogens (tertiary/aromatic N) is 1. The van der Waals surface area contributed by atoms with Crippen molar-refractivity contribution in [3.8, 4) is 5.75 Å². The monoisotopic (exact) mass is 406 g/mol. The summed E-state index contributed by atoms with van der Waals surface area (Å²) in [6.45, 7) is 0.136. The molecule has 0 radical (unpaired) electrons. The van der Waals surface area contributed by atoms with Crippen molar-refractivity contribution < 1.29 is 28.3 Å². The van der Waals surface area contributed by atoms with Gasteiger partial charge in [0.2, 0.25) is 10.0 Å². The number of ether oxygens (including phenoxy) is 1. The topological polar surface area (TPSA) is 116 Å². The molecule has 28 heavy (non-hydrogen) atoms. The predicted octanol–water partition coefficient (Wildman–Crippen LogP) is 1.28.